The summed E-state index contributed by atoms with van der Waals surface area (Å²) in [5.41, 5.74) is 1.01. The van der Waals surface area contributed by atoms with E-state index in [9.17, 15) is 18.0 Å². The first-order chi connectivity index (χ1) is 21.3. The molecule has 0 spiro atoms. The van der Waals surface area contributed by atoms with Crippen molar-refractivity contribution in [3.8, 4) is 11.5 Å². The molecule has 9 nitrogen and oxygen atoms in total. The zero-order valence-corrected chi connectivity index (χ0v) is 26.4. The Balaban J connectivity index is 1.50. The van der Waals surface area contributed by atoms with Gasteiger partial charge in [-0.05, 0) is 61.2 Å². The van der Waals surface area contributed by atoms with Crippen molar-refractivity contribution >= 4 is 39.1 Å². The van der Waals surface area contributed by atoms with Gasteiger partial charge in [-0.25, -0.2) is 8.42 Å². The van der Waals surface area contributed by atoms with Gasteiger partial charge in [-0.1, -0.05) is 68.1 Å². The second-order valence-corrected chi connectivity index (χ2v) is 13.4. The van der Waals surface area contributed by atoms with Crippen LogP contribution in [0.25, 0.3) is 0 Å². The molecule has 0 saturated heterocycles. The first-order valence-electron chi connectivity index (χ1n) is 15.1. The Morgan fingerprint density at radius 1 is 0.932 bits per heavy atom. The lowest BCUT2D eigenvalue weighted by Gasteiger charge is -2.34. The van der Waals surface area contributed by atoms with Gasteiger partial charge in [0.1, 0.15) is 25.8 Å². The van der Waals surface area contributed by atoms with Crippen LogP contribution in [0.5, 0.6) is 11.5 Å². The van der Waals surface area contributed by atoms with E-state index >= 15 is 0 Å². The Morgan fingerprint density at radius 2 is 1.61 bits per heavy atom. The second-order valence-electron chi connectivity index (χ2n) is 11.1. The summed E-state index contributed by atoms with van der Waals surface area (Å²) < 4.78 is 40.6. The maximum Gasteiger partial charge on any atom is 0.264 e. The molecule has 0 bridgehead atoms. The SMILES string of the molecule is CC[C@@H](C(=O)NC1CCCCC1)N(Cc1ccc(Cl)cc1)C(=O)CN(c1ccc2c(c1)OCCO2)S(=O)(=O)c1ccccc1. The topological polar surface area (TPSA) is 105 Å². The van der Waals surface area contributed by atoms with E-state index in [4.69, 9.17) is 21.1 Å². The van der Waals surface area contributed by atoms with Crippen LogP contribution < -0.4 is 19.1 Å². The van der Waals surface area contributed by atoms with E-state index < -0.39 is 28.5 Å². The van der Waals surface area contributed by atoms with Crippen molar-refractivity contribution in [3.05, 3.63) is 83.4 Å². The molecule has 1 heterocycles. The molecule has 1 aliphatic carbocycles. The smallest absolute Gasteiger partial charge is 0.264 e. The van der Waals surface area contributed by atoms with E-state index in [2.05, 4.69) is 5.32 Å². The quantitative estimate of drug-likeness (QED) is 0.294. The van der Waals surface area contributed by atoms with Gasteiger partial charge < -0.3 is 19.7 Å². The van der Waals surface area contributed by atoms with Crippen molar-refractivity contribution in [1.82, 2.24) is 10.2 Å². The fraction of sp³-hybridized carbons (Fsp3) is 0.394. The summed E-state index contributed by atoms with van der Waals surface area (Å²) in [4.78, 5) is 29.5. The van der Waals surface area contributed by atoms with E-state index in [-0.39, 0.29) is 29.1 Å². The number of nitrogens with zero attached hydrogens (tertiary/aromatic N) is 2. The summed E-state index contributed by atoms with van der Waals surface area (Å²) in [5, 5.41) is 3.71. The van der Waals surface area contributed by atoms with Gasteiger partial charge in [0.15, 0.2) is 11.5 Å². The Hall–Kier alpha value is -3.76. The number of benzene rings is 3. The number of carbonyl (C=O) groups is 2. The number of hydrogen-bond donors (Lipinski definition) is 1. The molecular formula is C33H38ClN3O6S. The van der Waals surface area contributed by atoms with Gasteiger partial charge in [-0.3, -0.25) is 13.9 Å². The van der Waals surface area contributed by atoms with E-state index in [1.165, 1.54) is 17.0 Å². The molecule has 1 atom stereocenters. The van der Waals surface area contributed by atoms with Gasteiger partial charge in [0.2, 0.25) is 11.8 Å². The molecule has 44 heavy (non-hydrogen) atoms. The zero-order valence-electron chi connectivity index (χ0n) is 24.8. The molecule has 1 aliphatic heterocycles. The summed E-state index contributed by atoms with van der Waals surface area (Å²) in [6.07, 6.45) is 5.42. The Kier molecular flexibility index (Phi) is 10.3. The average Bonchev–Trinajstić information content (AvgIpc) is 3.05. The lowest BCUT2D eigenvalue weighted by atomic mass is 9.95. The van der Waals surface area contributed by atoms with Crippen molar-refractivity contribution < 1.29 is 27.5 Å². The second kappa shape index (κ2) is 14.3. The van der Waals surface area contributed by atoms with Gasteiger partial charge >= 0.3 is 0 Å². The van der Waals surface area contributed by atoms with Crippen molar-refractivity contribution in [3.63, 3.8) is 0 Å². The van der Waals surface area contributed by atoms with Crippen LogP contribution in [-0.2, 0) is 26.2 Å². The van der Waals surface area contributed by atoms with E-state index in [0.717, 1.165) is 42.0 Å². The lowest BCUT2D eigenvalue weighted by molar-refractivity contribution is -0.140. The molecule has 11 heteroatoms. The standard InChI is InChI=1S/C33H38ClN3O6S/c1-2-29(33(39)35-26-9-5-3-6-10-26)36(22-24-13-15-25(34)16-14-24)32(38)23-37(44(40,41)28-11-7-4-8-12-28)27-17-18-30-31(21-27)43-20-19-42-30/h4,7-8,11-18,21,26,29H,2-3,5-6,9-10,19-20,22-23H2,1H3,(H,35,39)/t29-/m0/s1. The number of hydrogen-bond acceptors (Lipinski definition) is 6. The largest absolute Gasteiger partial charge is 0.486 e. The average molecular weight is 640 g/mol. The van der Waals surface area contributed by atoms with E-state index in [1.54, 1.807) is 60.7 Å². The molecule has 3 aromatic carbocycles. The molecule has 0 radical (unpaired) electrons. The highest BCUT2D eigenvalue weighted by atomic mass is 35.5. The highest BCUT2D eigenvalue weighted by Gasteiger charge is 2.35. The number of ether oxygens (including phenoxy) is 2. The Morgan fingerprint density at radius 3 is 2.30 bits per heavy atom. The molecule has 0 unspecified atom stereocenters. The third-order valence-electron chi connectivity index (χ3n) is 8.03. The number of nitrogens with one attached hydrogen (secondary N) is 1. The molecule has 0 aromatic heterocycles. The maximum absolute atomic E-state index is 14.3. The van der Waals surface area contributed by atoms with Crippen LogP contribution in [0.2, 0.25) is 5.02 Å². The molecule has 234 valence electrons. The fourth-order valence-corrected chi connectivity index (χ4v) is 7.24. The molecule has 3 aromatic rings. The van der Waals surface area contributed by atoms with Crippen LogP contribution in [0.4, 0.5) is 5.69 Å². The van der Waals surface area contributed by atoms with Crippen LogP contribution >= 0.6 is 11.6 Å². The van der Waals surface area contributed by atoms with Crippen LogP contribution in [0.15, 0.2) is 77.7 Å². The molecule has 1 fully saturated rings. The third-order valence-corrected chi connectivity index (χ3v) is 10.1. The number of halogens is 1. The van der Waals surface area contributed by atoms with Gasteiger partial charge in [-0.2, -0.15) is 0 Å². The molecule has 5 rings (SSSR count). The van der Waals surface area contributed by atoms with Crippen LogP contribution in [0, 0.1) is 0 Å². The molecule has 2 aliphatic rings. The first-order valence-corrected chi connectivity index (χ1v) is 16.9. The fourth-order valence-electron chi connectivity index (χ4n) is 5.69. The summed E-state index contributed by atoms with van der Waals surface area (Å²) in [6.45, 7) is 2.14. The van der Waals surface area contributed by atoms with Gasteiger partial charge in [0, 0.05) is 23.7 Å². The summed E-state index contributed by atoms with van der Waals surface area (Å²) in [6, 6.07) is 19.1. The lowest BCUT2D eigenvalue weighted by Crippen LogP contribution is -2.54. The first kappa shape index (κ1) is 31.7. The molecule has 1 N–H and O–H groups in total. The third kappa shape index (κ3) is 7.47. The number of rotatable bonds is 11. The van der Waals surface area contributed by atoms with Gasteiger partial charge in [0.25, 0.3) is 10.0 Å². The summed E-state index contributed by atoms with van der Waals surface area (Å²) in [7, 11) is -4.19. The Bertz CT molecular complexity index is 1550. The molecule has 2 amide bonds. The number of sulfonamides is 1. The minimum absolute atomic E-state index is 0.0361. The number of carbonyl (C=O) groups excluding carboxylic acids is 2. The Labute approximate surface area is 264 Å². The number of amides is 2. The molecule has 1 saturated carbocycles. The minimum Gasteiger partial charge on any atom is -0.486 e. The monoisotopic (exact) mass is 639 g/mol. The maximum atomic E-state index is 14.3. The number of fused-ring (bicyclic) bond motifs is 1. The van der Waals surface area contributed by atoms with Crippen LogP contribution in [0.1, 0.15) is 51.0 Å². The summed E-state index contributed by atoms with van der Waals surface area (Å²) in [5.74, 6) is 0.141. The highest BCUT2D eigenvalue weighted by molar-refractivity contribution is 7.92. The summed E-state index contributed by atoms with van der Waals surface area (Å²) >= 11 is 6.12. The van der Waals surface area contributed by atoms with Crippen LogP contribution in [0.3, 0.4) is 0 Å². The van der Waals surface area contributed by atoms with Crippen molar-refractivity contribution in [1.29, 1.82) is 0 Å². The van der Waals surface area contributed by atoms with Crippen molar-refractivity contribution in [2.45, 2.75) is 69.0 Å². The predicted molar refractivity (Wildman–Crippen MR) is 170 cm³/mol. The number of anilines is 1. The van der Waals surface area contributed by atoms with E-state index in [0.29, 0.717) is 36.2 Å². The van der Waals surface area contributed by atoms with Gasteiger partial charge in [-0.15, -0.1) is 0 Å². The van der Waals surface area contributed by atoms with Gasteiger partial charge in [0.05, 0.1) is 10.6 Å². The highest BCUT2D eigenvalue weighted by Crippen LogP contribution is 2.36. The minimum atomic E-state index is -4.19. The van der Waals surface area contributed by atoms with Crippen molar-refractivity contribution in [2.24, 2.45) is 0 Å². The molecular weight excluding hydrogens is 602 g/mol. The van der Waals surface area contributed by atoms with Crippen molar-refractivity contribution in [2.75, 3.05) is 24.1 Å². The van der Waals surface area contributed by atoms with E-state index in [1.807, 2.05) is 6.92 Å². The van der Waals surface area contributed by atoms with Crippen LogP contribution in [-0.4, -0.2) is 57.0 Å². The zero-order chi connectivity index (χ0) is 31.1. The normalized spacial score (nSPS) is 15.7. The predicted octanol–water partition coefficient (Wildman–Crippen LogP) is 5.56.